The molecule has 0 N–H and O–H groups in total. The highest BCUT2D eigenvalue weighted by atomic mass is 32.1. The van der Waals surface area contributed by atoms with Crippen LogP contribution in [-0.4, -0.2) is 44.2 Å². The Labute approximate surface area is 167 Å². The van der Waals surface area contributed by atoms with Gasteiger partial charge in [-0.2, -0.15) is 9.90 Å². The van der Waals surface area contributed by atoms with Crippen LogP contribution in [0, 0.1) is 0 Å². The van der Waals surface area contributed by atoms with E-state index in [1.807, 2.05) is 48.5 Å². The Hall–Kier alpha value is -3.33. The zero-order valence-corrected chi connectivity index (χ0v) is 16.2. The average Bonchev–Trinajstić information content (AvgIpc) is 3.35. The van der Waals surface area contributed by atoms with Crippen molar-refractivity contribution in [3.8, 4) is 28.6 Å². The van der Waals surface area contributed by atoms with Crippen LogP contribution in [0.5, 0.6) is 11.5 Å². The molecule has 0 saturated carbocycles. The lowest BCUT2D eigenvalue weighted by molar-refractivity contribution is 0.414. The van der Waals surface area contributed by atoms with Crippen LogP contribution < -0.4 is 9.47 Å². The van der Waals surface area contributed by atoms with Gasteiger partial charge < -0.3 is 9.47 Å². The minimum Gasteiger partial charge on any atom is -0.497 e. The third-order valence-electron chi connectivity index (χ3n) is 4.24. The Bertz CT molecular complexity index is 1070. The molecule has 0 aliphatic rings. The zero-order chi connectivity index (χ0) is 19.5. The van der Waals surface area contributed by atoms with Crippen LogP contribution in [0.25, 0.3) is 17.1 Å². The van der Waals surface area contributed by atoms with Crippen LogP contribution in [0.2, 0.25) is 0 Å². The van der Waals surface area contributed by atoms with Gasteiger partial charge in [0.1, 0.15) is 16.5 Å². The van der Waals surface area contributed by atoms with E-state index < -0.39 is 0 Å². The highest BCUT2D eigenvalue weighted by molar-refractivity contribution is 7.80. The number of tetrazole rings is 1. The highest BCUT2D eigenvalue weighted by Crippen LogP contribution is 2.26. The number of ether oxygens (including phenoxy) is 2. The maximum atomic E-state index is 5.19. The fourth-order valence-corrected chi connectivity index (χ4v) is 3.05. The van der Waals surface area contributed by atoms with Crippen LogP contribution in [0.1, 0.15) is 5.56 Å². The van der Waals surface area contributed by atoms with Crippen molar-refractivity contribution in [1.29, 1.82) is 0 Å². The van der Waals surface area contributed by atoms with Crippen molar-refractivity contribution in [1.82, 2.24) is 30.0 Å². The second kappa shape index (κ2) is 7.73. The SMILES string of the molecule is COc1ccc(Cn2nnc(-c3cnn(-c4ccc(OC)cc4)c3S)n2)cc1. The molecule has 28 heavy (non-hydrogen) atoms. The number of methoxy groups -OCH3 is 2. The summed E-state index contributed by atoms with van der Waals surface area (Å²) in [6.45, 7) is 0.505. The Morgan fingerprint density at radius 2 is 1.57 bits per heavy atom. The summed E-state index contributed by atoms with van der Waals surface area (Å²) in [5, 5.41) is 17.8. The van der Waals surface area contributed by atoms with Crippen LogP contribution in [0.15, 0.2) is 59.8 Å². The molecule has 0 spiro atoms. The Morgan fingerprint density at radius 3 is 2.21 bits per heavy atom. The van der Waals surface area contributed by atoms with Crippen LogP contribution in [-0.2, 0) is 6.54 Å². The predicted molar refractivity (Wildman–Crippen MR) is 106 cm³/mol. The van der Waals surface area contributed by atoms with Gasteiger partial charge in [0.15, 0.2) is 0 Å². The Balaban J connectivity index is 1.55. The minimum atomic E-state index is 0.471. The first kappa shape index (κ1) is 18.1. The fraction of sp³-hybridized carbons (Fsp3) is 0.158. The molecule has 2 aromatic carbocycles. The van der Waals surface area contributed by atoms with Crippen molar-refractivity contribution < 1.29 is 9.47 Å². The van der Waals surface area contributed by atoms with Gasteiger partial charge in [-0.3, -0.25) is 0 Å². The normalized spacial score (nSPS) is 10.8. The van der Waals surface area contributed by atoms with Gasteiger partial charge in [-0.05, 0) is 47.2 Å². The minimum absolute atomic E-state index is 0.471. The van der Waals surface area contributed by atoms with Crippen molar-refractivity contribution in [2.45, 2.75) is 11.6 Å². The first-order chi connectivity index (χ1) is 13.7. The van der Waals surface area contributed by atoms with Gasteiger partial charge in [0.05, 0.1) is 38.2 Å². The van der Waals surface area contributed by atoms with E-state index in [-0.39, 0.29) is 0 Å². The molecule has 0 unspecified atom stereocenters. The standard InChI is InChI=1S/C19H18N6O2S/c1-26-15-7-3-13(4-8-15)12-24-22-18(21-23-24)17-11-20-25(19(17)28)14-5-9-16(27-2)10-6-14/h3-11,28H,12H2,1-2H3. The van der Waals surface area contributed by atoms with E-state index in [2.05, 4.69) is 33.1 Å². The maximum Gasteiger partial charge on any atom is 0.209 e. The second-order valence-corrected chi connectivity index (χ2v) is 6.41. The third-order valence-corrected chi connectivity index (χ3v) is 4.67. The molecule has 0 saturated heterocycles. The summed E-state index contributed by atoms with van der Waals surface area (Å²) in [5.41, 5.74) is 2.62. The molecule has 2 heterocycles. The molecule has 0 atom stereocenters. The number of hydrogen-bond donors (Lipinski definition) is 1. The number of aromatic nitrogens is 6. The van der Waals surface area contributed by atoms with E-state index in [0.29, 0.717) is 23.0 Å². The third kappa shape index (κ3) is 3.56. The number of rotatable bonds is 6. The van der Waals surface area contributed by atoms with Crippen LogP contribution >= 0.6 is 12.6 Å². The molecule has 0 radical (unpaired) electrons. The Kier molecular flexibility index (Phi) is 4.98. The van der Waals surface area contributed by atoms with Gasteiger partial charge >= 0.3 is 0 Å². The summed E-state index contributed by atoms with van der Waals surface area (Å²) in [6, 6.07) is 15.3. The van der Waals surface area contributed by atoms with Gasteiger partial charge in [0, 0.05) is 0 Å². The van der Waals surface area contributed by atoms with E-state index in [0.717, 1.165) is 22.7 Å². The van der Waals surface area contributed by atoms with Crippen molar-refractivity contribution in [3.05, 3.63) is 60.3 Å². The maximum absolute atomic E-state index is 5.19. The van der Waals surface area contributed by atoms with Crippen LogP contribution in [0.4, 0.5) is 0 Å². The van der Waals surface area contributed by atoms with Crippen molar-refractivity contribution in [3.63, 3.8) is 0 Å². The molecule has 0 aliphatic heterocycles. The molecular weight excluding hydrogens is 376 g/mol. The number of nitrogens with zero attached hydrogens (tertiary/aromatic N) is 6. The van der Waals surface area contributed by atoms with Gasteiger partial charge in [0.2, 0.25) is 5.82 Å². The van der Waals surface area contributed by atoms with E-state index >= 15 is 0 Å². The summed E-state index contributed by atoms with van der Waals surface area (Å²) in [5.74, 6) is 2.06. The Morgan fingerprint density at radius 1 is 0.929 bits per heavy atom. The zero-order valence-electron chi connectivity index (χ0n) is 15.4. The fourth-order valence-electron chi connectivity index (χ4n) is 2.72. The number of hydrogen-bond acceptors (Lipinski definition) is 7. The second-order valence-electron chi connectivity index (χ2n) is 5.98. The lowest BCUT2D eigenvalue weighted by Gasteiger charge is -2.05. The summed E-state index contributed by atoms with van der Waals surface area (Å²) in [6.07, 6.45) is 1.68. The first-order valence-corrected chi connectivity index (χ1v) is 8.95. The van der Waals surface area contributed by atoms with E-state index in [9.17, 15) is 0 Å². The van der Waals surface area contributed by atoms with Crippen molar-refractivity contribution in [2.24, 2.45) is 0 Å². The lowest BCUT2D eigenvalue weighted by Crippen LogP contribution is -2.04. The van der Waals surface area contributed by atoms with Gasteiger partial charge in [-0.25, -0.2) is 4.68 Å². The summed E-state index contributed by atoms with van der Waals surface area (Å²) >= 11 is 4.60. The van der Waals surface area contributed by atoms with E-state index in [4.69, 9.17) is 9.47 Å². The summed E-state index contributed by atoms with van der Waals surface area (Å²) < 4.78 is 12.1. The monoisotopic (exact) mass is 394 g/mol. The smallest absolute Gasteiger partial charge is 0.209 e. The molecule has 0 amide bonds. The molecule has 0 fully saturated rings. The molecule has 2 aromatic heterocycles. The van der Waals surface area contributed by atoms with E-state index in [1.54, 1.807) is 25.1 Å². The average molecular weight is 394 g/mol. The molecular formula is C19H18N6O2S. The number of thiol groups is 1. The van der Waals surface area contributed by atoms with E-state index in [1.165, 1.54) is 4.80 Å². The van der Waals surface area contributed by atoms with Crippen LogP contribution in [0.3, 0.4) is 0 Å². The molecule has 0 aliphatic carbocycles. The number of benzene rings is 2. The molecule has 8 nitrogen and oxygen atoms in total. The topological polar surface area (TPSA) is 79.9 Å². The molecule has 142 valence electrons. The van der Waals surface area contributed by atoms with Gasteiger partial charge in [-0.1, -0.05) is 12.1 Å². The summed E-state index contributed by atoms with van der Waals surface area (Å²) in [4.78, 5) is 1.54. The highest BCUT2D eigenvalue weighted by Gasteiger charge is 2.15. The first-order valence-electron chi connectivity index (χ1n) is 8.50. The summed E-state index contributed by atoms with van der Waals surface area (Å²) in [7, 11) is 3.27. The van der Waals surface area contributed by atoms with Gasteiger partial charge in [-0.15, -0.1) is 22.8 Å². The van der Waals surface area contributed by atoms with Crippen molar-refractivity contribution >= 4 is 12.6 Å². The largest absolute Gasteiger partial charge is 0.497 e. The lowest BCUT2D eigenvalue weighted by atomic mass is 10.2. The predicted octanol–water partition coefficient (Wildman–Crippen LogP) is 2.88. The van der Waals surface area contributed by atoms with Crippen molar-refractivity contribution in [2.75, 3.05) is 14.2 Å². The molecule has 4 aromatic rings. The molecule has 9 heteroatoms. The quantitative estimate of drug-likeness (QED) is 0.507. The molecule has 0 bridgehead atoms. The molecule has 4 rings (SSSR count). The van der Waals surface area contributed by atoms with Gasteiger partial charge in [0.25, 0.3) is 0 Å².